The van der Waals surface area contributed by atoms with Gasteiger partial charge in [0.15, 0.2) is 0 Å². The predicted molar refractivity (Wildman–Crippen MR) is 112 cm³/mol. The Morgan fingerprint density at radius 1 is 1.38 bits per heavy atom. The van der Waals surface area contributed by atoms with Gasteiger partial charge in [-0.05, 0) is 52.1 Å². The van der Waals surface area contributed by atoms with Crippen molar-refractivity contribution >= 4 is 17.5 Å². The summed E-state index contributed by atoms with van der Waals surface area (Å²) >= 11 is 0. The summed E-state index contributed by atoms with van der Waals surface area (Å²) in [6, 6.07) is 5.28. The van der Waals surface area contributed by atoms with Gasteiger partial charge in [-0.1, -0.05) is 6.92 Å². The molecule has 0 saturated heterocycles. The Morgan fingerprint density at radius 3 is 2.72 bits per heavy atom. The van der Waals surface area contributed by atoms with Crippen molar-refractivity contribution in [1.29, 1.82) is 0 Å². The van der Waals surface area contributed by atoms with Crippen LogP contribution in [0.3, 0.4) is 0 Å². The minimum Gasteiger partial charge on any atom is -0.488 e. The molecule has 0 radical (unpaired) electrons. The second-order valence-electron chi connectivity index (χ2n) is 8.74. The van der Waals surface area contributed by atoms with Gasteiger partial charge < -0.3 is 25.0 Å². The van der Waals surface area contributed by atoms with Crippen LogP contribution in [0.25, 0.3) is 0 Å². The zero-order valence-corrected chi connectivity index (χ0v) is 17.9. The molecule has 0 unspecified atom stereocenters. The lowest BCUT2D eigenvalue weighted by Gasteiger charge is -2.33. The molecule has 2 amide bonds. The summed E-state index contributed by atoms with van der Waals surface area (Å²) in [5.41, 5.74) is 1.45. The number of carbonyl (C=O) groups is 2. The van der Waals surface area contributed by atoms with E-state index < -0.39 is 0 Å². The van der Waals surface area contributed by atoms with Crippen LogP contribution in [0.2, 0.25) is 0 Å². The Morgan fingerprint density at radius 2 is 2.10 bits per heavy atom. The number of nitrogens with one attached hydrogen (secondary N) is 1. The van der Waals surface area contributed by atoms with E-state index in [9.17, 15) is 14.7 Å². The van der Waals surface area contributed by atoms with Gasteiger partial charge in [0.25, 0.3) is 0 Å². The van der Waals surface area contributed by atoms with Gasteiger partial charge in [0.2, 0.25) is 11.8 Å². The van der Waals surface area contributed by atoms with E-state index in [1.807, 2.05) is 39.2 Å². The van der Waals surface area contributed by atoms with Gasteiger partial charge in [0, 0.05) is 36.2 Å². The normalized spacial score (nSPS) is 23.5. The van der Waals surface area contributed by atoms with E-state index in [0.717, 1.165) is 24.9 Å². The third-order valence-corrected chi connectivity index (χ3v) is 5.68. The Bertz CT molecular complexity index is 748. The van der Waals surface area contributed by atoms with Crippen LogP contribution >= 0.6 is 0 Å². The summed E-state index contributed by atoms with van der Waals surface area (Å²) in [5.74, 6) is 0.883. The molecule has 2 aliphatic rings. The fourth-order valence-corrected chi connectivity index (χ4v) is 3.67. The monoisotopic (exact) mass is 403 g/mol. The molecule has 3 rings (SSSR count). The molecule has 0 spiro atoms. The molecule has 1 aromatic carbocycles. The second kappa shape index (κ2) is 9.13. The number of hydrogen-bond acceptors (Lipinski definition) is 5. The van der Waals surface area contributed by atoms with Crippen LogP contribution < -0.4 is 10.1 Å². The van der Waals surface area contributed by atoms with Crippen LogP contribution in [-0.4, -0.2) is 72.7 Å². The van der Waals surface area contributed by atoms with Gasteiger partial charge in [-0.2, -0.15) is 0 Å². The molecule has 1 fully saturated rings. The summed E-state index contributed by atoms with van der Waals surface area (Å²) in [5, 5.41) is 12.6. The summed E-state index contributed by atoms with van der Waals surface area (Å²) in [4.78, 5) is 29.0. The minimum atomic E-state index is -0.260. The van der Waals surface area contributed by atoms with Crippen LogP contribution in [0.4, 0.5) is 5.69 Å². The lowest BCUT2D eigenvalue weighted by molar-refractivity contribution is -0.134. The smallest absolute Gasteiger partial charge is 0.227 e. The number of fused-ring (bicyclic) bond motifs is 1. The van der Waals surface area contributed by atoms with E-state index in [4.69, 9.17) is 4.74 Å². The lowest BCUT2D eigenvalue weighted by Crippen LogP contribution is -2.47. The highest BCUT2D eigenvalue weighted by Crippen LogP contribution is 2.32. The van der Waals surface area contributed by atoms with Crippen LogP contribution in [0, 0.1) is 11.8 Å². The van der Waals surface area contributed by atoms with Gasteiger partial charge in [-0.25, -0.2) is 0 Å². The first-order valence-electron chi connectivity index (χ1n) is 10.4. The predicted octanol–water partition coefficient (Wildman–Crippen LogP) is 1.75. The third kappa shape index (κ3) is 5.48. The number of aliphatic hydroxyl groups is 1. The Hall–Kier alpha value is -2.12. The highest BCUT2D eigenvalue weighted by Gasteiger charge is 2.32. The number of hydrogen-bond donors (Lipinski definition) is 2. The number of rotatable bonds is 6. The largest absolute Gasteiger partial charge is 0.488 e. The van der Waals surface area contributed by atoms with Crippen molar-refractivity contribution in [3.05, 3.63) is 23.8 Å². The van der Waals surface area contributed by atoms with Gasteiger partial charge in [-0.3, -0.25) is 9.59 Å². The van der Waals surface area contributed by atoms with E-state index in [0.29, 0.717) is 18.0 Å². The molecular formula is C22H33N3O4. The summed E-state index contributed by atoms with van der Waals surface area (Å²) in [7, 11) is 4.00. The number of ether oxygens (including phenoxy) is 1. The zero-order chi connectivity index (χ0) is 21.1. The van der Waals surface area contributed by atoms with Crippen molar-refractivity contribution in [2.75, 3.05) is 39.1 Å². The van der Waals surface area contributed by atoms with E-state index in [1.54, 1.807) is 4.90 Å². The lowest BCUT2D eigenvalue weighted by atomic mass is 10.0. The summed E-state index contributed by atoms with van der Waals surface area (Å²) in [6.45, 7) is 5.10. The molecule has 1 aliphatic heterocycles. The molecule has 1 aliphatic carbocycles. The summed E-state index contributed by atoms with van der Waals surface area (Å²) in [6.07, 6.45) is 1.95. The van der Waals surface area contributed by atoms with Crippen molar-refractivity contribution in [2.24, 2.45) is 11.8 Å². The first-order valence-corrected chi connectivity index (χ1v) is 10.4. The molecule has 1 saturated carbocycles. The standard InChI is InChI=1S/C22H33N3O4/c1-14-11-25(15(2)13-26)21(27)10-17-9-18(23-22(28)16-5-6-16)7-8-19(17)29-20(14)12-24(3)4/h7-9,14-16,20,26H,5-6,10-13H2,1-4H3,(H,23,28)/t14-,15-,20-/m0/s1. The molecular weight excluding hydrogens is 370 g/mol. The molecule has 0 aromatic heterocycles. The van der Waals surface area contributed by atoms with E-state index in [-0.39, 0.29) is 48.8 Å². The average Bonchev–Trinajstić information content (AvgIpc) is 3.50. The fraction of sp³-hybridized carbons (Fsp3) is 0.636. The van der Waals surface area contributed by atoms with Crippen LogP contribution in [0.5, 0.6) is 5.75 Å². The molecule has 29 heavy (non-hydrogen) atoms. The SMILES string of the molecule is C[C@H]1CN([C@@H](C)CO)C(=O)Cc2cc(NC(=O)C3CC3)ccc2O[C@H]1CN(C)C. The Labute approximate surface area is 173 Å². The third-order valence-electron chi connectivity index (χ3n) is 5.68. The molecule has 7 heteroatoms. The van der Waals surface area contributed by atoms with Crippen LogP contribution in [0.1, 0.15) is 32.3 Å². The van der Waals surface area contributed by atoms with Gasteiger partial charge >= 0.3 is 0 Å². The number of likely N-dealkylation sites (N-methyl/N-ethyl adjacent to an activating group) is 1. The molecule has 0 bridgehead atoms. The van der Waals surface area contributed by atoms with Gasteiger partial charge in [0.05, 0.1) is 19.1 Å². The Balaban J connectivity index is 1.91. The summed E-state index contributed by atoms with van der Waals surface area (Å²) < 4.78 is 6.37. The second-order valence-corrected chi connectivity index (χ2v) is 8.74. The highest BCUT2D eigenvalue weighted by atomic mass is 16.5. The number of amides is 2. The van der Waals surface area contributed by atoms with Crippen molar-refractivity contribution in [1.82, 2.24) is 9.80 Å². The molecule has 7 nitrogen and oxygen atoms in total. The van der Waals surface area contributed by atoms with Crippen molar-refractivity contribution in [3.63, 3.8) is 0 Å². The zero-order valence-electron chi connectivity index (χ0n) is 17.9. The number of benzene rings is 1. The van der Waals surface area contributed by atoms with E-state index >= 15 is 0 Å². The minimum absolute atomic E-state index is 0.0369. The fourth-order valence-electron chi connectivity index (χ4n) is 3.67. The number of carbonyl (C=O) groups excluding carboxylic acids is 2. The van der Waals surface area contributed by atoms with E-state index in [1.165, 1.54) is 0 Å². The molecule has 1 aromatic rings. The average molecular weight is 404 g/mol. The topological polar surface area (TPSA) is 82.1 Å². The highest BCUT2D eigenvalue weighted by molar-refractivity contribution is 5.94. The maximum Gasteiger partial charge on any atom is 0.227 e. The number of nitrogens with zero attached hydrogens (tertiary/aromatic N) is 2. The van der Waals surface area contributed by atoms with Gasteiger partial charge in [-0.15, -0.1) is 0 Å². The van der Waals surface area contributed by atoms with Crippen molar-refractivity contribution in [3.8, 4) is 5.75 Å². The van der Waals surface area contributed by atoms with Gasteiger partial charge in [0.1, 0.15) is 11.9 Å². The molecule has 3 atom stereocenters. The molecule has 2 N–H and O–H groups in total. The number of aliphatic hydroxyl groups excluding tert-OH is 1. The van der Waals surface area contributed by atoms with Crippen molar-refractivity contribution in [2.45, 2.75) is 45.3 Å². The number of anilines is 1. The molecule has 1 heterocycles. The van der Waals surface area contributed by atoms with Crippen molar-refractivity contribution < 1.29 is 19.4 Å². The quantitative estimate of drug-likeness (QED) is 0.756. The van der Waals surface area contributed by atoms with Crippen LogP contribution in [0.15, 0.2) is 18.2 Å². The van der Waals surface area contributed by atoms with Crippen LogP contribution in [-0.2, 0) is 16.0 Å². The Kier molecular flexibility index (Phi) is 6.80. The maximum absolute atomic E-state index is 13.1. The molecule has 160 valence electrons. The van der Waals surface area contributed by atoms with E-state index in [2.05, 4.69) is 17.1 Å². The first-order chi connectivity index (χ1) is 13.8. The maximum atomic E-state index is 13.1. The first kappa shape index (κ1) is 21.6.